The predicted octanol–water partition coefficient (Wildman–Crippen LogP) is 3.71. The Hall–Kier alpha value is -2.10. The highest BCUT2D eigenvalue weighted by atomic mass is 16.7. The lowest BCUT2D eigenvalue weighted by Gasteiger charge is -2.23. The van der Waals surface area contributed by atoms with Crippen LogP contribution in [0.5, 0.6) is 0 Å². The van der Waals surface area contributed by atoms with Crippen molar-refractivity contribution < 1.29 is 9.94 Å². The first-order chi connectivity index (χ1) is 9.81. The van der Waals surface area contributed by atoms with Gasteiger partial charge in [0.2, 0.25) is 0 Å². The van der Waals surface area contributed by atoms with Gasteiger partial charge < -0.3 is 5.11 Å². The molecule has 0 saturated carbocycles. The second-order valence-electron chi connectivity index (χ2n) is 4.51. The molecule has 0 aliphatic carbocycles. The summed E-state index contributed by atoms with van der Waals surface area (Å²) in [6.45, 7) is 3.66. The lowest BCUT2D eigenvalue weighted by Crippen LogP contribution is -2.23. The van der Waals surface area contributed by atoms with Crippen LogP contribution in [0.3, 0.4) is 0 Å². The smallest absolute Gasteiger partial charge is 0.136 e. The summed E-state index contributed by atoms with van der Waals surface area (Å²) in [5.41, 5.74) is 4.66. The highest BCUT2D eigenvalue weighted by Crippen LogP contribution is 2.24. The van der Waals surface area contributed by atoms with Crippen LogP contribution in [0.1, 0.15) is 18.1 Å². The zero-order valence-corrected chi connectivity index (χ0v) is 11.3. The van der Waals surface area contributed by atoms with E-state index in [2.05, 4.69) is 12.1 Å². The van der Waals surface area contributed by atoms with Gasteiger partial charge in [-0.3, -0.25) is 10.3 Å². The van der Waals surface area contributed by atoms with Crippen molar-refractivity contribution in [1.29, 1.82) is 0 Å². The van der Waals surface area contributed by atoms with Gasteiger partial charge in [0.05, 0.1) is 11.8 Å². The lowest BCUT2D eigenvalue weighted by atomic mass is 10.0. The molecule has 0 aliphatic rings. The van der Waals surface area contributed by atoms with Crippen LogP contribution in [0.15, 0.2) is 73.3 Å². The van der Waals surface area contributed by atoms with Gasteiger partial charge in [0.25, 0.3) is 0 Å². The molecule has 2 aromatic carbocycles. The monoisotopic (exact) mass is 269 g/mol. The van der Waals surface area contributed by atoms with E-state index >= 15 is 0 Å². The molecular formula is C17H19NO2. The molecule has 0 radical (unpaired) electrons. The van der Waals surface area contributed by atoms with Gasteiger partial charge in [0.1, 0.15) is 6.10 Å². The quantitative estimate of drug-likeness (QED) is 0.594. The largest absolute Gasteiger partial charge is 0.390 e. The maximum absolute atomic E-state index is 10.2. The Bertz CT molecular complexity index is 513. The van der Waals surface area contributed by atoms with Gasteiger partial charge in [-0.25, -0.2) is 0 Å². The average molecular weight is 269 g/mol. The molecule has 0 amide bonds. The SMILES string of the molecule is C=CCC(O)[C@H](ONc1ccccc1)c1ccccc1. The van der Waals surface area contributed by atoms with Crippen molar-refractivity contribution in [1.82, 2.24) is 0 Å². The number of nitrogens with one attached hydrogen (secondary N) is 1. The van der Waals surface area contributed by atoms with Crippen LogP contribution >= 0.6 is 0 Å². The number of hydrogen-bond acceptors (Lipinski definition) is 3. The van der Waals surface area contributed by atoms with Crippen LogP contribution in [0.25, 0.3) is 0 Å². The number of hydrogen-bond donors (Lipinski definition) is 2. The fourth-order valence-corrected chi connectivity index (χ4v) is 1.94. The summed E-state index contributed by atoms with van der Waals surface area (Å²) in [5, 5.41) is 10.2. The molecule has 104 valence electrons. The third kappa shape index (κ3) is 3.95. The van der Waals surface area contributed by atoms with Gasteiger partial charge in [0, 0.05) is 0 Å². The van der Waals surface area contributed by atoms with E-state index in [1.165, 1.54) is 0 Å². The Morgan fingerprint density at radius 1 is 1.05 bits per heavy atom. The summed E-state index contributed by atoms with van der Waals surface area (Å²) in [7, 11) is 0. The molecule has 2 N–H and O–H groups in total. The molecular weight excluding hydrogens is 250 g/mol. The van der Waals surface area contributed by atoms with Gasteiger partial charge >= 0.3 is 0 Å². The second-order valence-corrected chi connectivity index (χ2v) is 4.51. The molecule has 20 heavy (non-hydrogen) atoms. The molecule has 3 heteroatoms. The number of aliphatic hydroxyl groups is 1. The zero-order chi connectivity index (χ0) is 14.2. The summed E-state index contributed by atoms with van der Waals surface area (Å²) >= 11 is 0. The van der Waals surface area contributed by atoms with Crippen molar-refractivity contribution in [2.24, 2.45) is 0 Å². The molecule has 0 saturated heterocycles. The third-order valence-corrected chi connectivity index (χ3v) is 2.96. The van der Waals surface area contributed by atoms with Crippen molar-refractivity contribution in [2.45, 2.75) is 18.6 Å². The first kappa shape index (κ1) is 14.3. The van der Waals surface area contributed by atoms with Crippen LogP contribution < -0.4 is 5.48 Å². The Labute approximate surface area is 119 Å². The molecule has 0 bridgehead atoms. The zero-order valence-electron chi connectivity index (χ0n) is 11.3. The molecule has 2 atom stereocenters. The van der Waals surface area contributed by atoms with Gasteiger partial charge in [0.15, 0.2) is 0 Å². The van der Waals surface area contributed by atoms with Crippen molar-refractivity contribution in [2.75, 3.05) is 5.48 Å². The van der Waals surface area contributed by atoms with Crippen molar-refractivity contribution in [3.63, 3.8) is 0 Å². The predicted molar refractivity (Wildman–Crippen MR) is 81.2 cm³/mol. The van der Waals surface area contributed by atoms with E-state index in [0.29, 0.717) is 6.42 Å². The van der Waals surface area contributed by atoms with Crippen LogP contribution in [-0.2, 0) is 4.84 Å². The summed E-state index contributed by atoms with van der Waals surface area (Å²) < 4.78 is 0. The topological polar surface area (TPSA) is 41.5 Å². The van der Waals surface area contributed by atoms with E-state index in [1.807, 2.05) is 60.7 Å². The number of anilines is 1. The van der Waals surface area contributed by atoms with Crippen LogP contribution in [0.4, 0.5) is 5.69 Å². The van der Waals surface area contributed by atoms with E-state index < -0.39 is 12.2 Å². The fourth-order valence-electron chi connectivity index (χ4n) is 1.94. The van der Waals surface area contributed by atoms with E-state index in [-0.39, 0.29) is 0 Å². The number of para-hydroxylation sites is 1. The fraction of sp³-hybridized carbons (Fsp3) is 0.176. The summed E-state index contributed by atoms with van der Waals surface area (Å²) in [6, 6.07) is 19.2. The number of benzene rings is 2. The third-order valence-electron chi connectivity index (χ3n) is 2.96. The molecule has 2 aromatic rings. The van der Waals surface area contributed by atoms with Gasteiger partial charge in [-0.05, 0) is 24.1 Å². The minimum Gasteiger partial charge on any atom is -0.390 e. The standard InChI is InChI=1S/C17H19NO2/c1-2-9-16(19)17(14-10-5-3-6-11-14)20-18-15-12-7-4-8-13-15/h2-8,10-13,16-19H,1,9H2/t16?,17-/m1/s1. The van der Waals surface area contributed by atoms with Crippen LogP contribution in [0.2, 0.25) is 0 Å². The number of aliphatic hydroxyl groups excluding tert-OH is 1. The highest BCUT2D eigenvalue weighted by Gasteiger charge is 2.21. The van der Waals surface area contributed by atoms with E-state index in [4.69, 9.17) is 4.84 Å². The first-order valence-electron chi connectivity index (χ1n) is 6.62. The van der Waals surface area contributed by atoms with Gasteiger partial charge in [-0.15, -0.1) is 6.58 Å². The molecule has 0 aliphatic heterocycles. The van der Waals surface area contributed by atoms with Gasteiger partial charge in [-0.2, -0.15) is 0 Å². The average Bonchev–Trinajstić information content (AvgIpc) is 2.50. The van der Waals surface area contributed by atoms with Crippen molar-refractivity contribution in [3.05, 3.63) is 78.9 Å². The summed E-state index contributed by atoms with van der Waals surface area (Å²) in [4.78, 5) is 5.68. The number of rotatable bonds is 7. The Morgan fingerprint density at radius 2 is 1.65 bits per heavy atom. The van der Waals surface area contributed by atoms with Crippen molar-refractivity contribution >= 4 is 5.69 Å². The molecule has 0 heterocycles. The van der Waals surface area contributed by atoms with Crippen molar-refractivity contribution in [3.8, 4) is 0 Å². The summed E-state index contributed by atoms with van der Waals surface area (Å²) in [5.74, 6) is 0. The van der Waals surface area contributed by atoms with Crippen LogP contribution in [-0.4, -0.2) is 11.2 Å². The lowest BCUT2D eigenvalue weighted by molar-refractivity contribution is -0.0127. The minimum atomic E-state index is -0.647. The molecule has 0 aromatic heterocycles. The van der Waals surface area contributed by atoms with Crippen LogP contribution in [0, 0.1) is 0 Å². The Balaban J connectivity index is 2.09. The Morgan fingerprint density at radius 3 is 2.25 bits per heavy atom. The first-order valence-corrected chi connectivity index (χ1v) is 6.62. The van der Waals surface area contributed by atoms with Gasteiger partial charge in [-0.1, -0.05) is 54.6 Å². The van der Waals surface area contributed by atoms with E-state index in [0.717, 1.165) is 11.3 Å². The maximum Gasteiger partial charge on any atom is 0.136 e. The highest BCUT2D eigenvalue weighted by molar-refractivity contribution is 5.40. The second kappa shape index (κ2) is 7.48. The summed E-state index contributed by atoms with van der Waals surface area (Å²) in [6.07, 6.45) is 1.06. The molecule has 3 nitrogen and oxygen atoms in total. The minimum absolute atomic E-state index is 0.450. The Kier molecular flexibility index (Phi) is 5.35. The van der Waals surface area contributed by atoms with E-state index in [9.17, 15) is 5.11 Å². The normalized spacial score (nSPS) is 13.4. The molecule has 2 rings (SSSR count). The molecule has 0 fully saturated rings. The molecule has 1 unspecified atom stereocenters. The van der Waals surface area contributed by atoms with E-state index in [1.54, 1.807) is 6.08 Å². The maximum atomic E-state index is 10.2. The molecule has 0 spiro atoms.